The quantitative estimate of drug-likeness (QED) is 0.412. The zero-order valence-electron chi connectivity index (χ0n) is 12.4. The highest BCUT2D eigenvalue weighted by atomic mass is 16.5. The molecule has 0 aromatic carbocycles. The summed E-state index contributed by atoms with van der Waals surface area (Å²) in [7, 11) is 1.63. The second-order valence-electron chi connectivity index (χ2n) is 4.86. The summed E-state index contributed by atoms with van der Waals surface area (Å²) in [6.45, 7) is 4.37. The molecule has 0 aromatic heterocycles. The summed E-state index contributed by atoms with van der Waals surface area (Å²) in [6.07, 6.45) is 4.83. The van der Waals surface area contributed by atoms with Crippen LogP contribution in [0.3, 0.4) is 0 Å². The zero-order chi connectivity index (χ0) is 14.3. The van der Waals surface area contributed by atoms with E-state index in [-0.39, 0.29) is 12.6 Å². The number of hydrogen-bond donors (Lipinski definition) is 3. The van der Waals surface area contributed by atoms with Gasteiger partial charge in [0.15, 0.2) is 0 Å². The Bertz CT molecular complexity index is 175. The highest BCUT2D eigenvalue weighted by Crippen LogP contribution is 1.99. The van der Waals surface area contributed by atoms with Gasteiger partial charge in [0.05, 0.1) is 19.3 Å². The lowest BCUT2D eigenvalue weighted by molar-refractivity contribution is 0.0315. The Morgan fingerprint density at radius 2 is 1.95 bits per heavy atom. The van der Waals surface area contributed by atoms with Gasteiger partial charge in [-0.25, -0.2) is 0 Å². The molecule has 0 aromatic rings. The molecule has 116 valence electrons. The smallest absolute Gasteiger partial charge is 0.0897 e. The Morgan fingerprint density at radius 3 is 2.58 bits per heavy atom. The standard InChI is InChI=1S/C14H31NO4/c1-3-4-5-6-9-19-12-14(17)10-15-13(7-8-16)11-18-2/h13-17H,3-12H2,1-2H3. The Balaban J connectivity index is 3.47. The number of ether oxygens (including phenoxy) is 2. The maximum Gasteiger partial charge on any atom is 0.0897 e. The molecule has 0 bridgehead atoms. The number of unbranched alkanes of at least 4 members (excludes halogenated alkanes) is 3. The van der Waals surface area contributed by atoms with Crippen molar-refractivity contribution in [2.75, 3.05) is 40.1 Å². The molecule has 5 nitrogen and oxygen atoms in total. The molecule has 3 N–H and O–H groups in total. The van der Waals surface area contributed by atoms with Crippen LogP contribution in [0, 0.1) is 0 Å². The van der Waals surface area contributed by atoms with E-state index < -0.39 is 6.10 Å². The molecule has 0 rings (SSSR count). The SMILES string of the molecule is CCCCCCOCC(O)CNC(CCO)COC. The molecule has 0 aliphatic carbocycles. The van der Waals surface area contributed by atoms with Gasteiger partial charge in [-0.15, -0.1) is 0 Å². The molecule has 0 spiro atoms. The van der Waals surface area contributed by atoms with E-state index in [1.807, 2.05) is 0 Å². The third-order valence-electron chi connectivity index (χ3n) is 2.94. The van der Waals surface area contributed by atoms with Crippen molar-refractivity contribution in [2.24, 2.45) is 0 Å². The average Bonchev–Trinajstić information content (AvgIpc) is 2.40. The van der Waals surface area contributed by atoms with Gasteiger partial charge < -0.3 is 25.0 Å². The fourth-order valence-corrected chi connectivity index (χ4v) is 1.81. The first-order valence-electron chi connectivity index (χ1n) is 7.33. The molecule has 0 heterocycles. The minimum absolute atomic E-state index is 0.0780. The second kappa shape index (κ2) is 14.2. The van der Waals surface area contributed by atoms with Crippen LogP contribution in [0.25, 0.3) is 0 Å². The molecular formula is C14H31NO4. The van der Waals surface area contributed by atoms with Gasteiger partial charge in [0.25, 0.3) is 0 Å². The average molecular weight is 277 g/mol. The van der Waals surface area contributed by atoms with Crippen LogP contribution in [0.1, 0.15) is 39.0 Å². The lowest BCUT2D eigenvalue weighted by Gasteiger charge is -2.19. The number of nitrogens with one attached hydrogen (secondary N) is 1. The van der Waals surface area contributed by atoms with Gasteiger partial charge in [-0.3, -0.25) is 0 Å². The summed E-state index contributed by atoms with van der Waals surface area (Å²) in [4.78, 5) is 0. The van der Waals surface area contributed by atoms with Crippen molar-refractivity contribution >= 4 is 0 Å². The van der Waals surface area contributed by atoms with Crippen molar-refractivity contribution in [3.63, 3.8) is 0 Å². The molecule has 5 heteroatoms. The topological polar surface area (TPSA) is 71.0 Å². The van der Waals surface area contributed by atoms with E-state index in [1.165, 1.54) is 19.3 Å². The first-order valence-corrected chi connectivity index (χ1v) is 7.33. The second-order valence-corrected chi connectivity index (χ2v) is 4.86. The highest BCUT2D eigenvalue weighted by molar-refractivity contribution is 4.68. The first kappa shape index (κ1) is 18.8. The Morgan fingerprint density at radius 1 is 1.16 bits per heavy atom. The van der Waals surface area contributed by atoms with Crippen LogP contribution in [0.2, 0.25) is 0 Å². The van der Waals surface area contributed by atoms with Gasteiger partial charge in [-0.1, -0.05) is 26.2 Å². The summed E-state index contributed by atoms with van der Waals surface area (Å²) < 4.78 is 10.5. The number of aliphatic hydroxyl groups excluding tert-OH is 2. The molecule has 19 heavy (non-hydrogen) atoms. The predicted octanol–water partition coefficient (Wildman–Crippen LogP) is 0.931. The first-order chi connectivity index (χ1) is 9.24. The summed E-state index contributed by atoms with van der Waals surface area (Å²) in [5, 5.41) is 21.8. The van der Waals surface area contributed by atoms with E-state index in [9.17, 15) is 5.11 Å². The van der Waals surface area contributed by atoms with Gasteiger partial charge in [-0.2, -0.15) is 0 Å². The number of rotatable bonds is 14. The van der Waals surface area contributed by atoms with Gasteiger partial charge >= 0.3 is 0 Å². The van der Waals surface area contributed by atoms with Gasteiger partial charge in [0.2, 0.25) is 0 Å². The highest BCUT2D eigenvalue weighted by Gasteiger charge is 2.10. The molecule has 0 aliphatic rings. The van der Waals surface area contributed by atoms with Crippen molar-refractivity contribution in [2.45, 2.75) is 51.2 Å². The third-order valence-corrected chi connectivity index (χ3v) is 2.94. The van der Waals surface area contributed by atoms with Crippen LogP contribution in [0.4, 0.5) is 0 Å². The van der Waals surface area contributed by atoms with Gasteiger partial charge in [0.1, 0.15) is 0 Å². The van der Waals surface area contributed by atoms with Crippen LogP contribution in [-0.2, 0) is 9.47 Å². The Hall–Kier alpha value is -0.200. The van der Waals surface area contributed by atoms with E-state index in [1.54, 1.807) is 7.11 Å². The van der Waals surface area contributed by atoms with Crippen molar-refractivity contribution in [1.82, 2.24) is 5.32 Å². The normalized spacial score (nSPS) is 14.5. The van der Waals surface area contributed by atoms with E-state index in [0.717, 1.165) is 13.0 Å². The zero-order valence-corrected chi connectivity index (χ0v) is 12.4. The number of aliphatic hydroxyl groups is 2. The summed E-state index contributed by atoms with van der Waals surface area (Å²) in [5.74, 6) is 0. The minimum atomic E-state index is -0.510. The van der Waals surface area contributed by atoms with Crippen molar-refractivity contribution in [1.29, 1.82) is 0 Å². The molecule has 0 amide bonds. The maximum absolute atomic E-state index is 9.75. The van der Waals surface area contributed by atoms with E-state index in [2.05, 4.69) is 12.2 Å². The monoisotopic (exact) mass is 277 g/mol. The van der Waals surface area contributed by atoms with Crippen LogP contribution in [0.5, 0.6) is 0 Å². The van der Waals surface area contributed by atoms with E-state index in [0.29, 0.717) is 26.2 Å². The van der Waals surface area contributed by atoms with Gasteiger partial charge in [-0.05, 0) is 12.8 Å². The lowest BCUT2D eigenvalue weighted by atomic mass is 10.2. The largest absolute Gasteiger partial charge is 0.396 e. The molecule has 2 atom stereocenters. The number of hydrogen-bond acceptors (Lipinski definition) is 5. The predicted molar refractivity (Wildman–Crippen MR) is 76.3 cm³/mol. The molecule has 0 aliphatic heterocycles. The molecule has 2 unspecified atom stereocenters. The molecule has 0 radical (unpaired) electrons. The Kier molecular flexibility index (Phi) is 14.1. The Labute approximate surface area is 117 Å². The van der Waals surface area contributed by atoms with Crippen LogP contribution in [0.15, 0.2) is 0 Å². The van der Waals surface area contributed by atoms with Crippen molar-refractivity contribution in [3.05, 3.63) is 0 Å². The van der Waals surface area contributed by atoms with Crippen molar-refractivity contribution < 1.29 is 19.7 Å². The van der Waals surface area contributed by atoms with Gasteiger partial charge in [0, 0.05) is 32.9 Å². The molecular weight excluding hydrogens is 246 g/mol. The summed E-state index contributed by atoms with van der Waals surface area (Å²) in [5.41, 5.74) is 0. The fourth-order valence-electron chi connectivity index (χ4n) is 1.81. The molecule has 0 saturated carbocycles. The lowest BCUT2D eigenvalue weighted by Crippen LogP contribution is -2.40. The van der Waals surface area contributed by atoms with Crippen LogP contribution >= 0.6 is 0 Å². The molecule has 0 saturated heterocycles. The maximum atomic E-state index is 9.75. The van der Waals surface area contributed by atoms with E-state index >= 15 is 0 Å². The summed E-state index contributed by atoms with van der Waals surface area (Å²) in [6, 6.07) is 0.0780. The fraction of sp³-hybridized carbons (Fsp3) is 1.00. The minimum Gasteiger partial charge on any atom is -0.396 e. The van der Waals surface area contributed by atoms with Crippen LogP contribution < -0.4 is 5.32 Å². The van der Waals surface area contributed by atoms with Crippen molar-refractivity contribution in [3.8, 4) is 0 Å². The third kappa shape index (κ3) is 12.6. The number of methoxy groups -OCH3 is 1. The summed E-state index contributed by atoms with van der Waals surface area (Å²) >= 11 is 0. The molecule has 0 fully saturated rings. The van der Waals surface area contributed by atoms with E-state index in [4.69, 9.17) is 14.6 Å². The van der Waals surface area contributed by atoms with Crippen LogP contribution in [-0.4, -0.2) is 62.4 Å².